The monoisotopic (exact) mass is 384 g/mol. The first-order valence-electron chi connectivity index (χ1n) is 9.11. The van der Waals surface area contributed by atoms with Crippen molar-refractivity contribution in [2.75, 3.05) is 31.1 Å². The van der Waals surface area contributed by atoms with E-state index >= 15 is 0 Å². The molecule has 2 aromatic rings. The summed E-state index contributed by atoms with van der Waals surface area (Å²) in [5, 5.41) is 0. The van der Waals surface area contributed by atoms with Crippen molar-refractivity contribution in [2.24, 2.45) is 0 Å². The number of piperidine rings is 1. The Kier molecular flexibility index (Phi) is 4.91. The third-order valence-corrected chi connectivity index (χ3v) is 6.31. The van der Waals surface area contributed by atoms with Crippen molar-refractivity contribution >= 4 is 21.6 Å². The molecule has 0 bridgehead atoms. The van der Waals surface area contributed by atoms with Gasteiger partial charge in [0.15, 0.2) is 0 Å². The molecule has 3 heteroatoms. The average molecular weight is 385 g/mol. The van der Waals surface area contributed by atoms with Gasteiger partial charge < -0.3 is 9.80 Å². The maximum atomic E-state index is 3.72. The summed E-state index contributed by atoms with van der Waals surface area (Å²) in [4.78, 5) is 5.30. The highest BCUT2D eigenvalue weighted by Crippen LogP contribution is 2.36. The minimum absolute atomic E-state index is 0.716. The topological polar surface area (TPSA) is 6.48 Å². The zero-order valence-corrected chi connectivity index (χ0v) is 15.7. The highest BCUT2D eigenvalue weighted by atomic mass is 79.9. The fraction of sp³-hybridized carbons (Fsp3) is 0.429. The number of rotatable bonds is 4. The summed E-state index contributed by atoms with van der Waals surface area (Å²) >= 11 is 3.72. The molecule has 2 nitrogen and oxygen atoms in total. The molecule has 1 fully saturated rings. The van der Waals surface area contributed by atoms with E-state index in [1.54, 1.807) is 0 Å². The quantitative estimate of drug-likeness (QED) is 0.764. The van der Waals surface area contributed by atoms with E-state index in [1.165, 1.54) is 73.1 Å². The molecule has 0 atom stereocenters. The summed E-state index contributed by atoms with van der Waals surface area (Å²) in [6.45, 7) is 4.85. The molecule has 0 amide bonds. The molecule has 0 aromatic heterocycles. The summed E-state index contributed by atoms with van der Waals surface area (Å²) in [6, 6.07) is 18.2. The van der Waals surface area contributed by atoms with Gasteiger partial charge in [0.2, 0.25) is 0 Å². The Balaban J connectivity index is 1.32. The second-order valence-electron chi connectivity index (χ2n) is 6.99. The number of anilines is 1. The Labute approximate surface area is 153 Å². The van der Waals surface area contributed by atoms with Crippen molar-refractivity contribution in [1.29, 1.82) is 0 Å². The van der Waals surface area contributed by atoms with E-state index in [-0.39, 0.29) is 0 Å². The fourth-order valence-corrected chi connectivity index (χ4v) is 4.74. The average Bonchev–Trinajstić information content (AvgIpc) is 3.07. The lowest BCUT2D eigenvalue weighted by atomic mass is 10.0. The van der Waals surface area contributed by atoms with Crippen molar-refractivity contribution in [3.05, 3.63) is 64.1 Å². The lowest BCUT2D eigenvalue weighted by molar-refractivity contribution is 0.212. The van der Waals surface area contributed by atoms with Crippen LogP contribution >= 0.6 is 15.9 Å². The molecular formula is C21H25BrN2. The third-order valence-electron chi connectivity index (χ3n) is 5.56. The number of likely N-dealkylation sites (tertiary alicyclic amines) is 1. The first-order chi connectivity index (χ1) is 11.8. The van der Waals surface area contributed by atoms with Crippen molar-refractivity contribution in [2.45, 2.75) is 31.7 Å². The first kappa shape index (κ1) is 16.2. The minimum Gasteiger partial charge on any atom is -0.368 e. The van der Waals surface area contributed by atoms with E-state index in [1.807, 2.05) is 0 Å². The molecule has 2 heterocycles. The van der Waals surface area contributed by atoms with E-state index in [0.29, 0.717) is 6.04 Å². The van der Waals surface area contributed by atoms with Gasteiger partial charge >= 0.3 is 0 Å². The molecule has 2 aliphatic heterocycles. The van der Waals surface area contributed by atoms with Gasteiger partial charge in [-0.1, -0.05) is 52.3 Å². The maximum Gasteiger partial charge on any atom is 0.0413 e. The molecule has 1 saturated heterocycles. The first-order valence-corrected chi connectivity index (χ1v) is 9.91. The van der Waals surface area contributed by atoms with Gasteiger partial charge in [0.25, 0.3) is 0 Å². The number of halogens is 1. The summed E-state index contributed by atoms with van der Waals surface area (Å²) in [5.41, 5.74) is 4.43. The largest absolute Gasteiger partial charge is 0.368 e. The summed E-state index contributed by atoms with van der Waals surface area (Å²) in [7, 11) is 0. The van der Waals surface area contributed by atoms with Crippen LogP contribution in [-0.2, 0) is 12.8 Å². The van der Waals surface area contributed by atoms with E-state index in [0.717, 1.165) is 0 Å². The number of hydrogen-bond acceptors (Lipinski definition) is 2. The molecule has 0 radical (unpaired) electrons. The van der Waals surface area contributed by atoms with E-state index in [4.69, 9.17) is 0 Å². The predicted octanol–water partition coefficient (Wildman–Crippen LogP) is 4.52. The lowest BCUT2D eigenvalue weighted by Crippen LogP contribution is -2.44. The Hall–Kier alpha value is -1.32. The standard InChI is InChI=1S/C21H25BrN2/c22-20-7-4-8-21-19(20)12-16-24(21)18-10-14-23(15-11-18)13-9-17-5-2-1-3-6-17/h1-8,18H,9-16H2. The maximum absolute atomic E-state index is 3.72. The minimum atomic E-state index is 0.716. The van der Waals surface area contributed by atoms with Crippen molar-refractivity contribution in [3.8, 4) is 0 Å². The van der Waals surface area contributed by atoms with Crippen LogP contribution in [-0.4, -0.2) is 37.1 Å². The van der Waals surface area contributed by atoms with Gasteiger partial charge in [-0.15, -0.1) is 0 Å². The molecule has 2 aromatic carbocycles. The zero-order valence-electron chi connectivity index (χ0n) is 14.1. The zero-order chi connectivity index (χ0) is 16.4. The van der Waals surface area contributed by atoms with Gasteiger partial charge in [0.05, 0.1) is 0 Å². The Morgan fingerprint density at radius 2 is 1.71 bits per heavy atom. The predicted molar refractivity (Wildman–Crippen MR) is 105 cm³/mol. The van der Waals surface area contributed by atoms with Crippen molar-refractivity contribution < 1.29 is 0 Å². The van der Waals surface area contributed by atoms with Crippen LogP contribution in [0.5, 0.6) is 0 Å². The normalized spacial score (nSPS) is 18.8. The van der Waals surface area contributed by atoms with Gasteiger partial charge in [0.1, 0.15) is 0 Å². The van der Waals surface area contributed by atoms with Crippen LogP contribution in [0.3, 0.4) is 0 Å². The molecule has 0 unspecified atom stereocenters. The molecule has 2 aliphatic rings. The number of fused-ring (bicyclic) bond motifs is 1. The molecule has 4 rings (SSSR count). The fourth-order valence-electron chi connectivity index (χ4n) is 4.18. The number of hydrogen-bond donors (Lipinski definition) is 0. The number of benzene rings is 2. The van der Waals surface area contributed by atoms with Crippen LogP contribution in [0.25, 0.3) is 0 Å². The lowest BCUT2D eigenvalue weighted by Gasteiger charge is -2.38. The van der Waals surface area contributed by atoms with Crippen LogP contribution in [0, 0.1) is 0 Å². The summed E-state index contributed by atoms with van der Waals surface area (Å²) in [5.74, 6) is 0. The van der Waals surface area contributed by atoms with Gasteiger partial charge in [-0.25, -0.2) is 0 Å². The third kappa shape index (κ3) is 3.38. The molecule has 126 valence electrons. The van der Waals surface area contributed by atoms with Gasteiger partial charge in [0, 0.05) is 42.4 Å². The molecule has 24 heavy (non-hydrogen) atoms. The Morgan fingerprint density at radius 3 is 2.50 bits per heavy atom. The van der Waals surface area contributed by atoms with E-state index in [2.05, 4.69) is 74.3 Å². The molecule has 0 aliphatic carbocycles. The smallest absolute Gasteiger partial charge is 0.0413 e. The van der Waals surface area contributed by atoms with E-state index in [9.17, 15) is 0 Å². The summed E-state index contributed by atoms with van der Waals surface area (Å²) < 4.78 is 1.28. The molecule has 0 saturated carbocycles. The number of nitrogens with zero attached hydrogens (tertiary/aromatic N) is 2. The van der Waals surface area contributed by atoms with Crippen LogP contribution in [0.15, 0.2) is 53.0 Å². The highest BCUT2D eigenvalue weighted by molar-refractivity contribution is 9.10. The Morgan fingerprint density at radius 1 is 0.917 bits per heavy atom. The second-order valence-corrected chi connectivity index (χ2v) is 7.84. The van der Waals surface area contributed by atoms with Crippen molar-refractivity contribution in [3.63, 3.8) is 0 Å². The van der Waals surface area contributed by atoms with Gasteiger partial charge in [-0.3, -0.25) is 0 Å². The second kappa shape index (κ2) is 7.28. The van der Waals surface area contributed by atoms with Crippen LogP contribution in [0.1, 0.15) is 24.0 Å². The Bertz CT molecular complexity index is 677. The molecule has 0 N–H and O–H groups in total. The molecule has 0 spiro atoms. The van der Waals surface area contributed by atoms with Crippen LogP contribution in [0.4, 0.5) is 5.69 Å². The van der Waals surface area contributed by atoms with Crippen LogP contribution in [0.2, 0.25) is 0 Å². The summed E-state index contributed by atoms with van der Waals surface area (Å²) in [6.07, 6.45) is 4.94. The van der Waals surface area contributed by atoms with Gasteiger partial charge in [-0.05, 0) is 48.9 Å². The van der Waals surface area contributed by atoms with E-state index < -0.39 is 0 Å². The van der Waals surface area contributed by atoms with Crippen LogP contribution < -0.4 is 4.90 Å². The highest BCUT2D eigenvalue weighted by Gasteiger charge is 2.29. The molecular weight excluding hydrogens is 360 g/mol. The SMILES string of the molecule is Brc1cccc2c1CCN2C1CCN(CCc2ccccc2)CC1. The van der Waals surface area contributed by atoms with Gasteiger partial charge in [-0.2, -0.15) is 0 Å². The van der Waals surface area contributed by atoms with Crippen molar-refractivity contribution in [1.82, 2.24) is 4.90 Å².